The molecule has 3 nitrogen and oxygen atoms in total. The normalized spacial score (nSPS) is 12.5. The van der Waals surface area contributed by atoms with Crippen LogP contribution >= 0.6 is 27.5 Å². The van der Waals surface area contributed by atoms with Gasteiger partial charge in [-0.25, -0.2) is 0 Å². The van der Waals surface area contributed by atoms with E-state index in [2.05, 4.69) is 21.2 Å². The molecule has 1 N–H and O–H groups in total. The van der Waals surface area contributed by atoms with Crippen LogP contribution in [-0.4, -0.2) is 6.79 Å². The monoisotopic (exact) mass is 339 g/mol. The molecule has 0 aliphatic carbocycles. The SMILES string of the molecule is Clc1ccccc1NCc1cc2c(cc1Br)OCO2. The highest BCUT2D eigenvalue weighted by molar-refractivity contribution is 9.10. The summed E-state index contributed by atoms with van der Waals surface area (Å²) in [4.78, 5) is 0. The molecule has 98 valence electrons. The van der Waals surface area contributed by atoms with Crippen molar-refractivity contribution in [3.63, 3.8) is 0 Å². The summed E-state index contributed by atoms with van der Waals surface area (Å²) < 4.78 is 11.7. The minimum atomic E-state index is 0.281. The van der Waals surface area contributed by atoms with Crippen molar-refractivity contribution >= 4 is 33.2 Å². The van der Waals surface area contributed by atoms with Gasteiger partial charge < -0.3 is 14.8 Å². The van der Waals surface area contributed by atoms with Crippen LogP contribution in [0.15, 0.2) is 40.9 Å². The van der Waals surface area contributed by atoms with Crippen LogP contribution in [0.2, 0.25) is 5.02 Å². The molecule has 0 fully saturated rings. The summed E-state index contributed by atoms with van der Waals surface area (Å²) in [5, 5.41) is 4.01. The Kier molecular flexibility index (Phi) is 3.53. The fourth-order valence-electron chi connectivity index (χ4n) is 1.89. The second kappa shape index (κ2) is 5.31. The third-order valence-electron chi connectivity index (χ3n) is 2.88. The summed E-state index contributed by atoms with van der Waals surface area (Å²) in [7, 11) is 0. The molecule has 0 saturated heterocycles. The molecule has 5 heteroatoms. The number of rotatable bonds is 3. The van der Waals surface area contributed by atoms with Crippen molar-refractivity contribution in [1.29, 1.82) is 0 Å². The van der Waals surface area contributed by atoms with E-state index < -0.39 is 0 Å². The standard InChI is InChI=1S/C14H11BrClNO2/c15-10-6-14-13(18-8-19-14)5-9(10)7-17-12-4-2-1-3-11(12)16/h1-6,17H,7-8H2. The summed E-state index contributed by atoms with van der Waals surface area (Å²) in [6.45, 7) is 0.935. The molecule has 0 aromatic heterocycles. The average molecular weight is 341 g/mol. The number of para-hydroxylation sites is 1. The third kappa shape index (κ3) is 2.65. The predicted octanol–water partition coefficient (Wildman–Crippen LogP) is 4.44. The van der Waals surface area contributed by atoms with Crippen LogP contribution in [0, 0.1) is 0 Å². The highest BCUT2D eigenvalue weighted by Gasteiger charge is 2.16. The summed E-state index contributed by atoms with van der Waals surface area (Å²) in [6, 6.07) is 11.6. The first-order valence-electron chi connectivity index (χ1n) is 5.80. The van der Waals surface area contributed by atoms with Crippen molar-refractivity contribution in [2.45, 2.75) is 6.54 Å². The molecule has 2 aromatic rings. The number of benzene rings is 2. The molecule has 0 atom stereocenters. The van der Waals surface area contributed by atoms with Crippen molar-refractivity contribution in [1.82, 2.24) is 0 Å². The van der Waals surface area contributed by atoms with Crippen LogP contribution in [0.4, 0.5) is 5.69 Å². The Labute approximate surface area is 124 Å². The molecule has 0 saturated carbocycles. The topological polar surface area (TPSA) is 30.5 Å². The second-order valence-electron chi connectivity index (χ2n) is 4.13. The number of halogens is 2. The Morgan fingerprint density at radius 2 is 1.89 bits per heavy atom. The van der Waals surface area contributed by atoms with Crippen LogP contribution in [-0.2, 0) is 6.54 Å². The molecular formula is C14H11BrClNO2. The van der Waals surface area contributed by atoms with Crippen molar-refractivity contribution in [3.8, 4) is 11.5 Å². The first-order chi connectivity index (χ1) is 9.24. The lowest BCUT2D eigenvalue weighted by Crippen LogP contribution is -2.00. The maximum Gasteiger partial charge on any atom is 0.231 e. The predicted molar refractivity (Wildman–Crippen MR) is 79.0 cm³/mol. The van der Waals surface area contributed by atoms with Crippen LogP contribution in [0.5, 0.6) is 11.5 Å². The van der Waals surface area contributed by atoms with Gasteiger partial charge >= 0.3 is 0 Å². The van der Waals surface area contributed by atoms with E-state index in [9.17, 15) is 0 Å². The lowest BCUT2D eigenvalue weighted by Gasteiger charge is -2.10. The van der Waals surface area contributed by atoms with E-state index in [0.717, 1.165) is 27.2 Å². The molecule has 1 aliphatic rings. The third-order valence-corrected chi connectivity index (χ3v) is 3.95. The van der Waals surface area contributed by atoms with Gasteiger partial charge in [-0.2, -0.15) is 0 Å². The highest BCUT2D eigenvalue weighted by atomic mass is 79.9. The average Bonchev–Trinajstić information content (AvgIpc) is 2.84. The Bertz CT molecular complexity index is 618. The number of anilines is 1. The van der Waals surface area contributed by atoms with Gasteiger partial charge in [-0.1, -0.05) is 39.7 Å². The zero-order valence-electron chi connectivity index (χ0n) is 9.95. The number of fused-ring (bicyclic) bond motifs is 1. The maximum absolute atomic E-state index is 6.11. The number of hydrogen-bond donors (Lipinski definition) is 1. The zero-order valence-corrected chi connectivity index (χ0v) is 12.3. The van der Waals surface area contributed by atoms with E-state index in [1.807, 2.05) is 36.4 Å². The van der Waals surface area contributed by atoms with E-state index in [1.165, 1.54) is 0 Å². The molecule has 19 heavy (non-hydrogen) atoms. The van der Waals surface area contributed by atoms with E-state index in [1.54, 1.807) is 0 Å². The minimum absolute atomic E-state index is 0.281. The van der Waals surface area contributed by atoms with Crippen molar-refractivity contribution in [2.24, 2.45) is 0 Å². The van der Waals surface area contributed by atoms with Gasteiger partial charge in [0.05, 0.1) is 10.7 Å². The molecule has 2 aromatic carbocycles. The second-order valence-corrected chi connectivity index (χ2v) is 5.39. The van der Waals surface area contributed by atoms with Crippen LogP contribution in [0.25, 0.3) is 0 Å². The summed E-state index contributed by atoms with van der Waals surface area (Å²) >= 11 is 9.64. The van der Waals surface area contributed by atoms with Gasteiger partial charge in [-0.3, -0.25) is 0 Å². The lowest BCUT2D eigenvalue weighted by atomic mass is 10.2. The first kappa shape index (κ1) is 12.6. The Balaban J connectivity index is 1.79. The molecule has 1 aliphatic heterocycles. The van der Waals surface area contributed by atoms with E-state index >= 15 is 0 Å². The van der Waals surface area contributed by atoms with Gasteiger partial charge in [0.1, 0.15) is 0 Å². The van der Waals surface area contributed by atoms with Gasteiger partial charge in [0, 0.05) is 11.0 Å². The zero-order chi connectivity index (χ0) is 13.2. The van der Waals surface area contributed by atoms with Crippen LogP contribution < -0.4 is 14.8 Å². The fraction of sp³-hybridized carbons (Fsp3) is 0.143. The maximum atomic E-state index is 6.11. The van der Waals surface area contributed by atoms with E-state index in [-0.39, 0.29) is 6.79 Å². The summed E-state index contributed by atoms with van der Waals surface area (Å²) in [5.41, 5.74) is 2.00. The van der Waals surface area contributed by atoms with Gasteiger partial charge in [0.15, 0.2) is 11.5 Å². The molecular weight excluding hydrogens is 330 g/mol. The summed E-state index contributed by atoms with van der Waals surface area (Å²) in [5.74, 6) is 1.55. The molecule has 0 amide bonds. The van der Waals surface area contributed by atoms with Gasteiger partial charge in [-0.15, -0.1) is 0 Å². The fourth-order valence-corrected chi connectivity index (χ4v) is 2.55. The number of ether oxygens (including phenoxy) is 2. The summed E-state index contributed by atoms with van der Waals surface area (Å²) in [6.07, 6.45) is 0. The Morgan fingerprint density at radius 3 is 2.68 bits per heavy atom. The molecule has 0 bridgehead atoms. The van der Waals surface area contributed by atoms with Crippen LogP contribution in [0.3, 0.4) is 0 Å². The number of nitrogens with one attached hydrogen (secondary N) is 1. The molecule has 0 unspecified atom stereocenters. The molecule has 0 radical (unpaired) electrons. The quantitative estimate of drug-likeness (QED) is 0.896. The van der Waals surface area contributed by atoms with Crippen molar-refractivity contribution < 1.29 is 9.47 Å². The Hall–Kier alpha value is -1.39. The molecule has 1 heterocycles. The van der Waals surface area contributed by atoms with E-state index in [0.29, 0.717) is 11.6 Å². The highest BCUT2D eigenvalue weighted by Crippen LogP contribution is 2.37. The van der Waals surface area contributed by atoms with Gasteiger partial charge in [-0.05, 0) is 29.8 Å². The van der Waals surface area contributed by atoms with Crippen LogP contribution in [0.1, 0.15) is 5.56 Å². The van der Waals surface area contributed by atoms with Crippen molar-refractivity contribution in [2.75, 3.05) is 12.1 Å². The van der Waals surface area contributed by atoms with E-state index in [4.69, 9.17) is 21.1 Å². The van der Waals surface area contributed by atoms with Crippen molar-refractivity contribution in [3.05, 3.63) is 51.5 Å². The van der Waals surface area contributed by atoms with Gasteiger partial charge in [0.25, 0.3) is 0 Å². The molecule has 3 rings (SSSR count). The lowest BCUT2D eigenvalue weighted by molar-refractivity contribution is 0.174. The van der Waals surface area contributed by atoms with Gasteiger partial charge in [0.2, 0.25) is 6.79 Å². The number of hydrogen-bond acceptors (Lipinski definition) is 3. The minimum Gasteiger partial charge on any atom is -0.454 e. The largest absolute Gasteiger partial charge is 0.454 e. The Morgan fingerprint density at radius 1 is 1.16 bits per heavy atom. The smallest absolute Gasteiger partial charge is 0.231 e. The molecule has 0 spiro atoms. The first-order valence-corrected chi connectivity index (χ1v) is 6.97.